The zero-order chi connectivity index (χ0) is 9.84. The molecule has 1 fully saturated rings. The molecule has 1 heterocycles. The average molecular weight is 187 g/mol. The van der Waals surface area contributed by atoms with Crippen molar-refractivity contribution < 1.29 is 14.6 Å². The Morgan fingerprint density at radius 3 is 2.92 bits per heavy atom. The number of carbonyl (C=O) groups excluding carboxylic acids is 1. The highest BCUT2D eigenvalue weighted by molar-refractivity contribution is 5.79. The van der Waals surface area contributed by atoms with E-state index in [0.717, 1.165) is 6.42 Å². The van der Waals surface area contributed by atoms with Gasteiger partial charge in [0, 0.05) is 13.2 Å². The van der Waals surface area contributed by atoms with E-state index in [1.807, 2.05) is 6.92 Å². The molecule has 0 spiro atoms. The van der Waals surface area contributed by atoms with Crippen molar-refractivity contribution >= 4 is 5.91 Å². The molecule has 1 amide bonds. The summed E-state index contributed by atoms with van der Waals surface area (Å²) in [5.41, 5.74) is 0. The lowest BCUT2D eigenvalue weighted by atomic mass is 10.0. The fourth-order valence-corrected chi connectivity index (χ4v) is 1.46. The quantitative estimate of drug-likeness (QED) is 0.649. The molecule has 2 unspecified atom stereocenters. The Morgan fingerprint density at radius 2 is 2.46 bits per heavy atom. The molecular weight excluding hydrogens is 170 g/mol. The zero-order valence-corrected chi connectivity index (χ0v) is 8.12. The first-order chi connectivity index (χ1) is 6.11. The van der Waals surface area contributed by atoms with Crippen molar-refractivity contribution in [2.24, 2.45) is 5.92 Å². The molecule has 0 aromatic heterocycles. The highest BCUT2D eigenvalue weighted by Crippen LogP contribution is 2.20. The summed E-state index contributed by atoms with van der Waals surface area (Å²) in [6.07, 6.45) is 0.308. The van der Waals surface area contributed by atoms with E-state index >= 15 is 0 Å². The van der Waals surface area contributed by atoms with Crippen molar-refractivity contribution in [3.8, 4) is 0 Å². The van der Waals surface area contributed by atoms with Crippen molar-refractivity contribution in [1.29, 1.82) is 0 Å². The number of hydrogen-bond acceptors (Lipinski definition) is 3. The van der Waals surface area contributed by atoms with Crippen LogP contribution >= 0.6 is 0 Å². The van der Waals surface area contributed by atoms with Crippen LogP contribution in [-0.4, -0.2) is 36.4 Å². The second kappa shape index (κ2) is 4.58. The van der Waals surface area contributed by atoms with Gasteiger partial charge in [-0.05, 0) is 20.3 Å². The van der Waals surface area contributed by atoms with Crippen LogP contribution in [0.15, 0.2) is 0 Å². The lowest BCUT2D eigenvalue weighted by Gasteiger charge is -2.14. The summed E-state index contributed by atoms with van der Waals surface area (Å²) in [6, 6.07) is 0. The van der Waals surface area contributed by atoms with E-state index in [1.165, 1.54) is 0 Å². The zero-order valence-electron chi connectivity index (χ0n) is 8.12. The molecule has 0 aliphatic carbocycles. The van der Waals surface area contributed by atoms with Crippen molar-refractivity contribution in [1.82, 2.24) is 5.32 Å². The number of hydrogen-bond donors (Lipinski definition) is 2. The molecule has 0 aromatic rings. The summed E-state index contributed by atoms with van der Waals surface area (Å²) in [5.74, 6) is -0.0513. The molecular formula is C9H17NO3. The van der Waals surface area contributed by atoms with Crippen molar-refractivity contribution in [3.05, 3.63) is 0 Å². The third-order valence-electron chi connectivity index (χ3n) is 2.28. The van der Waals surface area contributed by atoms with Crippen molar-refractivity contribution in [2.45, 2.75) is 32.5 Å². The molecule has 1 aliphatic rings. The maximum Gasteiger partial charge on any atom is 0.225 e. The topological polar surface area (TPSA) is 58.6 Å². The van der Waals surface area contributed by atoms with Gasteiger partial charge in [0.25, 0.3) is 0 Å². The van der Waals surface area contributed by atoms with Gasteiger partial charge in [-0.2, -0.15) is 0 Å². The monoisotopic (exact) mass is 187 g/mol. The normalized spacial score (nSPS) is 30.1. The molecule has 1 rings (SSSR count). The van der Waals surface area contributed by atoms with E-state index in [4.69, 9.17) is 9.84 Å². The molecule has 0 saturated carbocycles. The largest absolute Gasteiger partial charge is 0.392 e. The summed E-state index contributed by atoms with van der Waals surface area (Å²) in [6.45, 7) is 4.53. The van der Waals surface area contributed by atoms with E-state index < -0.39 is 6.10 Å². The van der Waals surface area contributed by atoms with Crippen LogP contribution in [0.3, 0.4) is 0 Å². The summed E-state index contributed by atoms with van der Waals surface area (Å²) in [7, 11) is 0. The number of ether oxygens (including phenoxy) is 1. The Balaban J connectivity index is 2.30. The second-order valence-electron chi connectivity index (χ2n) is 3.57. The smallest absolute Gasteiger partial charge is 0.225 e. The number of aliphatic hydroxyl groups is 1. The molecule has 0 aromatic carbocycles. The average Bonchev–Trinajstić information content (AvgIpc) is 2.47. The molecule has 2 N–H and O–H groups in total. The predicted octanol–water partition coefficient (Wildman–Crippen LogP) is -0.0916. The number of nitrogens with one attached hydrogen (secondary N) is 1. The van der Waals surface area contributed by atoms with Crippen LogP contribution in [-0.2, 0) is 9.53 Å². The molecule has 76 valence electrons. The maximum atomic E-state index is 11.5. The Kier molecular flexibility index (Phi) is 3.69. The van der Waals surface area contributed by atoms with Gasteiger partial charge in [0.2, 0.25) is 5.91 Å². The summed E-state index contributed by atoms with van der Waals surface area (Å²) in [4.78, 5) is 11.5. The Bertz CT molecular complexity index is 182. The van der Waals surface area contributed by atoms with Crippen LogP contribution in [0.5, 0.6) is 0 Å². The Morgan fingerprint density at radius 1 is 1.77 bits per heavy atom. The van der Waals surface area contributed by atoms with Gasteiger partial charge in [-0.3, -0.25) is 4.79 Å². The van der Waals surface area contributed by atoms with E-state index in [-0.39, 0.29) is 17.9 Å². The van der Waals surface area contributed by atoms with E-state index in [0.29, 0.717) is 13.2 Å². The highest BCUT2D eigenvalue weighted by Gasteiger charge is 2.30. The van der Waals surface area contributed by atoms with Crippen LogP contribution < -0.4 is 5.32 Å². The third-order valence-corrected chi connectivity index (χ3v) is 2.28. The van der Waals surface area contributed by atoms with Crippen LogP contribution in [0.25, 0.3) is 0 Å². The number of amides is 1. The number of rotatable bonds is 3. The first kappa shape index (κ1) is 10.5. The molecule has 4 nitrogen and oxygen atoms in total. The van der Waals surface area contributed by atoms with Gasteiger partial charge in [-0.15, -0.1) is 0 Å². The van der Waals surface area contributed by atoms with E-state index in [2.05, 4.69) is 5.32 Å². The van der Waals surface area contributed by atoms with E-state index in [1.54, 1.807) is 6.92 Å². The highest BCUT2D eigenvalue weighted by atomic mass is 16.5. The minimum atomic E-state index is -0.485. The van der Waals surface area contributed by atoms with Crippen molar-refractivity contribution in [2.75, 3.05) is 13.2 Å². The Hall–Kier alpha value is -0.610. The van der Waals surface area contributed by atoms with Gasteiger partial charge < -0.3 is 15.2 Å². The van der Waals surface area contributed by atoms with Crippen molar-refractivity contribution in [3.63, 3.8) is 0 Å². The first-order valence-corrected chi connectivity index (χ1v) is 4.68. The SMILES string of the molecule is CC1OCCC1C(=O)NC[C@@H](C)O. The number of aliphatic hydroxyl groups excluding tert-OH is 1. The van der Waals surface area contributed by atoms with Crippen LogP contribution in [0, 0.1) is 5.92 Å². The summed E-state index contributed by atoms with van der Waals surface area (Å²) in [5, 5.41) is 11.6. The van der Waals surface area contributed by atoms with E-state index in [9.17, 15) is 4.79 Å². The predicted molar refractivity (Wildman–Crippen MR) is 48.2 cm³/mol. The van der Waals surface area contributed by atoms with Crippen LogP contribution in [0.1, 0.15) is 20.3 Å². The molecule has 0 radical (unpaired) electrons. The van der Waals surface area contributed by atoms with Gasteiger partial charge in [0.1, 0.15) is 0 Å². The fraction of sp³-hybridized carbons (Fsp3) is 0.889. The summed E-state index contributed by atoms with van der Waals surface area (Å²) >= 11 is 0. The van der Waals surface area contributed by atoms with Gasteiger partial charge in [-0.25, -0.2) is 0 Å². The fourth-order valence-electron chi connectivity index (χ4n) is 1.46. The minimum absolute atomic E-state index is 0.00833. The summed E-state index contributed by atoms with van der Waals surface area (Å²) < 4.78 is 5.27. The molecule has 13 heavy (non-hydrogen) atoms. The van der Waals surface area contributed by atoms with Crippen LogP contribution in [0.4, 0.5) is 0 Å². The van der Waals surface area contributed by atoms with Gasteiger partial charge in [0.15, 0.2) is 0 Å². The van der Waals surface area contributed by atoms with Gasteiger partial charge >= 0.3 is 0 Å². The van der Waals surface area contributed by atoms with Gasteiger partial charge in [-0.1, -0.05) is 0 Å². The Labute approximate surface area is 78.3 Å². The van der Waals surface area contributed by atoms with Gasteiger partial charge in [0.05, 0.1) is 18.1 Å². The standard InChI is InChI=1S/C9H17NO3/c1-6(11)5-10-9(12)8-3-4-13-7(8)2/h6-8,11H,3-5H2,1-2H3,(H,10,12)/t6-,7?,8?/m1/s1. The molecule has 3 atom stereocenters. The number of carbonyl (C=O) groups is 1. The lowest BCUT2D eigenvalue weighted by Crippen LogP contribution is -2.37. The lowest BCUT2D eigenvalue weighted by molar-refractivity contribution is -0.126. The second-order valence-corrected chi connectivity index (χ2v) is 3.57. The maximum absolute atomic E-state index is 11.5. The minimum Gasteiger partial charge on any atom is -0.392 e. The molecule has 0 bridgehead atoms. The molecule has 4 heteroatoms. The third kappa shape index (κ3) is 2.97. The first-order valence-electron chi connectivity index (χ1n) is 4.68. The molecule has 1 saturated heterocycles. The molecule has 1 aliphatic heterocycles. The van der Waals surface area contributed by atoms with Crippen LogP contribution in [0.2, 0.25) is 0 Å².